The third-order valence-electron chi connectivity index (χ3n) is 7.01. The molecule has 3 fully saturated rings. The van der Waals surface area contributed by atoms with E-state index in [1.807, 2.05) is 30.7 Å². The Balaban J connectivity index is 1.21. The minimum atomic E-state index is -0.570. The molecule has 9 nitrogen and oxygen atoms in total. The van der Waals surface area contributed by atoms with Gasteiger partial charge in [0.1, 0.15) is 5.60 Å². The summed E-state index contributed by atoms with van der Waals surface area (Å²) >= 11 is 0. The molecule has 1 N–H and O–H groups in total. The number of likely N-dealkylation sites (tertiary alicyclic amines) is 1. The summed E-state index contributed by atoms with van der Waals surface area (Å²) in [6.07, 6.45) is 3.61. The number of amides is 1. The fourth-order valence-electron chi connectivity index (χ4n) is 5.25. The van der Waals surface area contributed by atoms with Gasteiger partial charge in [-0.2, -0.15) is 0 Å². The molecule has 0 aliphatic carbocycles. The first-order valence-electron chi connectivity index (χ1n) is 11.7. The number of halogens is 1. The molecule has 0 aromatic heterocycles. The maximum absolute atomic E-state index is 14.4. The molecule has 1 amide bonds. The van der Waals surface area contributed by atoms with Crippen LogP contribution >= 0.6 is 0 Å². The molecule has 1 spiro atoms. The lowest BCUT2D eigenvalue weighted by atomic mass is 9.71. The Bertz CT molecular complexity index is 881. The number of non-ortho nitro benzene ring substituents is 1. The number of hydrazine groups is 1. The number of nitrogens with zero attached hydrogens (tertiary/aromatic N) is 4. The van der Waals surface area contributed by atoms with Gasteiger partial charge in [-0.3, -0.25) is 20.4 Å². The number of nitro benzene ring substituents is 1. The number of rotatable bonds is 4. The molecule has 3 heterocycles. The Morgan fingerprint density at radius 1 is 1.18 bits per heavy atom. The highest BCUT2D eigenvalue weighted by Gasteiger charge is 2.47. The smallest absolute Gasteiger partial charge is 0.422 e. The first kappa shape index (κ1) is 23.7. The van der Waals surface area contributed by atoms with Crippen molar-refractivity contribution in [1.29, 1.82) is 0 Å². The number of nitrogens with one attached hydrogen (secondary N) is 1. The molecular formula is C23H34FN5O4. The summed E-state index contributed by atoms with van der Waals surface area (Å²) in [5, 5.41) is 12.8. The van der Waals surface area contributed by atoms with Crippen molar-refractivity contribution in [2.24, 2.45) is 5.41 Å². The minimum absolute atomic E-state index is 0.216. The van der Waals surface area contributed by atoms with Crippen molar-refractivity contribution in [3.05, 3.63) is 34.1 Å². The number of hydrogen-bond acceptors (Lipinski definition) is 7. The highest BCUT2D eigenvalue weighted by atomic mass is 19.1. The van der Waals surface area contributed by atoms with Gasteiger partial charge in [0.2, 0.25) is 0 Å². The second kappa shape index (κ2) is 9.06. The number of nitro groups is 1. The van der Waals surface area contributed by atoms with E-state index in [4.69, 9.17) is 4.74 Å². The maximum atomic E-state index is 14.4. The molecule has 1 aromatic carbocycles. The molecule has 182 valence electrons. The van der Waals surface area contributed by atoms with E-state index in [-0.39, 0.29) is 5.69 Å². The molecule has 33 heavy (non-hydrogen) atoms. The number of anilines is 1. The average Bonchev–Trinajstić information content (AvgIpc) is 2.71. The van der Waals surface area contributed by atoms with Crippen molar-refractivity contribution in [2.45, 2.75) is 58.1 Å². The van der Waals surface area contributed by atoms with Gasteiger partial charge in [0.15, 0.2) is 5.82 Å². The molecule has 3 aliphatic heterocycles. The number of benzene rings is 1. The second-order valence-corrected chi connectivity index (χ2v) is 10.6. The lowest BCUT2D eigenvalue weighted by Crippen LogP contribution is -2.64. The van der Waals surface area contributed by atoms with Gasteiger partial charge >= 0.3 is 6.09 Å². The van der Waals surface area contributed by atoms with Gasteiger partial charge in [-0.1, -0.05) is 0 Å². The summed E-state index contributed by atoms with van der Waals surface area (Å²) in [6, 6.07) is 4.43. The summed E-state index contributed by atoms with van der Waals surface area (Å²) in [5.74, 6) is -0.526. The zero-order chi connectivity index (χ0) is 23.8. The molecule has 3 aliphatic rings. The van der Waals surface area contributed by atoms with E-state index in [1.54, 1.807) is 0 Å². The zero-order valence-electron chi connectivity index (χ0n) is 19.7. The molecule has 0 bridgehead atoms. The van der Waals surface area contributed by atoms with E-state index in [1.165, 1.54) is 12.1 Å². The topological polar surface area (TPSA) is 91.2 Å². The Hall–Kier alpha value is -2.46. The molecule has 0 saturated carbocycles. The Kier molecular flexibility index (Phi) is 6.50. The van der Waals surface area contributed by atoms with Crippen LogP contribution in [0.5, 0.6) is 0 Å². The lowest BCUT2D eigenvalue weighted by Gasteiger charge is -2.57. The SMILES string of the molecule is CC(C)(C)OC(=O)NN1CCC(N2CC3(CCN(c4ccc([N+](=O)[O-])cc4F)CC3)C2)CC1. The summed E-state index contributed by atoms with van der Waals surface area (Å²) in [6.45, 7) is 10.8. The van der Waals surface area contributed by atoms with Crippen molar-refractivity contribution in [3.63, 3.8) is 0 Å². The predicted molar refractivity (Wildman–Crippen MR) is 122 cm³/mol. The third kappa shape index (κ3) is 5.55. The summed E-state index contributed by atoms with van der Waals surface area (Å²) in [7, 11) is 0. The summed E-state index contributed by atoms with van der Waals surface area (Å²) < 4.78 is 19.7. The Morgan fingerprint density at radius 3 is 2.36 bits per heavy atom. The summed E-state index contributed by atoms with van der Waals surface area (Å²) in [5.41, 5.74) is 2.87. The van der Waals surface area contributed by atoms with E-state index in [0.717, 1.165) is 71.0 Å². The lowest BCUT2D eigenvalue weighted by molar-refractivity contribution is -0.385. The van der Waals surface area contributed by atoms with Crippen LogP contribution in [0.1, 0.15) is 46.5 Å². The minimum Gasteiger partial charge on any atom is -0.443 e. The van der Waals surface area contributed by atoms with E-state index in [2.05, 4.69) is 10.3 Å². The fraction of sp³-hybridized carbons (Fsp3) is 0.696. The second-order valence-electron chi connectivity index (χ2n) is 10.6. The number of piperidine rings is 2. The van der Waals surface area contributed by atoms with Crippen LogP contribution in [0.15, 0.2) is 18.2 Å². The van der Waals surface area contributed by atoms with Crippen molar-refractivity contribution in [1.82, 2.24) is 15.3 Å². The largest absolute Gasteiger partial charge is 0.443 e. The first-order valence-corrected chi connectivity index (χ1v) is 11.7. The third-order valence-corrected chi connectivity index (χ3v) is 7.01. The molecule has 0 unspecified atom stereocenters. The molecule has 1 aromatic rings. The van der Waals surface area contributed by atoms with Gasteiger partial charge in [-0.15, -0.1) is 0 Å². The van der Waals surface area contributed by atoms with Gasteiger partial charge in [-0.25, -0.2) is 14.2 Å². The molecular weight excluding hydrogens is 429 g/mol. The fourth-order valence-corrected chi connectivity index (χ4v) is 5.25. The standard InChI is InChI=1S/C23H34FN5O4/c1-22(2,3)33-21(30)25-28-10-6-17(7-11-28)27-15-23(16-27)8-12-26(13-9-23)20-5-4-18(29(31)32)14-19(20)24/h4-5,14,17H,6-13,15-16H2,1-3H3,(H,25,30). The van der Waals surface area contributed by atoms with Crippen molar-refractivity contribution >= 4 is 17.5 Å². The quantitative estimate of drug-likeness (QED) is 0.539. The van der Waals surface area contributed by atoms with Gasteiger partial charge in [0, 0.05) is 51.4 Å². The normalized spacial score (nSPS) is 22.1. The highest BCUT2D eigenvalue weighted by Crippen LogP contribution is 2.43. The van der Waals surface area contributed by atoms with E-state index >= 15 is 0 Å². The molecule has 10 heteroatoms. The van der Waals surface area contributed by atoms with Gasteiger partial charge < -0.3 is 9.64 Å². The Labute approximate surface area is 194 Å². The molecule has 3 saturated heterocycles. The van der Waals surface area contributed by atoms with Crippen LogP contribution in [0, 0.1) is 21.3 Å². The predicted octanol–water partition coefficient (Wildman–Crippen LogP) is 3.54. The maximum Gasteiger partial charge on any atom is 0.422 e. The van der Waals surface area contributed by atoms with Gasteiger partial charge in [-0.05, 0) is 57.9 Å². The molecule has 4 rings (SSSR count). The van der Waals surface area contributed by atoms with Crippen LogP contribution in [0.3, 0.4) is 0 Å². The monoisotopic (exact) mass is 463 g/mol. The van der Waals surface area contributed by atoms with Crippen LogP contribution in [-0.4, -0.2) is 71.8 Å². The number of carbonyl (C=O) groups excluding carboxylic acids is 1. The van der Waals surface area contributed by atoms with E-state index < -0.39 is 22.4 Å². The number of hydrogen-bond donors (Lipinski definition) is 1. The van der Waals surface area contributed by atoms with E-state index in [0.29, 0.717) is 17.1 Å². The average molecular weight is 464 g/mol. The highest BCUT2D eigenvalue weighted by molar-refractivity contribution is 5.67. The number of ether oxygens (including phenoxy) is 1. The van der Waals surface area contributed by atoms with Crippen LogP contribution in [0.2, 0.25) is 0 Å². The van der Waals surface area contributed by atoms with Crippen molar-refractivity contribution < 1.29 is 18.8 Å². The Morgan fingerprint density at radius 2 is 1.82 bits per heavy atom. The van der Waals surface area contributed by atoms with Crippen molar-refractivity contribution in [2.75, 3.05) is 44.2 Å². The zero-order valence-corrected chi connectivity index (χ0v) is 19.7. The molecule has 0 radical (unpaired) electrons. The summed E-state index contributed by atoms with van der Waals surface area (Å²) in [4.78, 5) is 26.8. The van der Waals surface area contributed by atoms with Crippen LogP contribution < -0.4 is 10.3 Å². The van der Waals surface area contributed by atoms with Crippen LogP contribution in [0.25, 0.3) is 0 Å². The van der Waals surface area contributed by atoms with Crippen LogP contribution in [-0.2, 0) is 4.74 Å². The van der Waals surface area contributed by atoms with Gasteiger partial charge in [0.25, 0.3) is 5.69 Å². The van der Waals surface area contributed by atoms with Crippen LogP contribution in [0.4, 0.5) is 20.6 Å². The first-order chi connectivity index (χ1) is 15.5. The van der Waals surface area contributed by atoms with Gasteiger partial charge in [0.05, 0.1) is 16.7 Å². The van der Waals surface area contributed by atoms with Crippen molar-refractivity contribution in [3.8, 4) is 0 Å². The number of carbonyl (C=O) groups is 1. The molecule has 0 atom stereocenters. The van der Waals surface area contributed by atoms with E-state index in [9.17, 15) is 19.3 Å².